The van der Waals surface area contributed by atoms with Crippen LogP contribution in [-0.4, -0.2) is 62.0 Å². The lowest BCUT2D eigenvalue weighted by molar-refractivity contribution is -0.132. The Bertz CT molecular complexity index is 1170. The first-order valence-corrected chi connectivity index (χ1v) is 12.0. The summed E-state index contributed by atoms with van der Waals surface area (Å²) in [7, 11) is -0.880. The Kier molecular flexibility index (Phi) is 6.25. The van der Waals surface area contributed by atoms with Crippen LogP contribution in [0.3, 0.4) is 0 Å². The van der Waals surface area contributed by atoms with Crippen molar-refractivity contribution in [3.8, 4) is 11.5 Å². The number of pyridine rings is 1. The van der Waals surface area contributed by atoms with Gasteiger partial charge in [0.15, 0.2) is 11.5 Å². The molecule has 0 N–H and O–H groups in total. The van der Waals surface area contributed by atoms with Gasteiger partial charge in [-0.25, -0.2) is 12.7 Å². The van der Waals surface area contributed by atoms with Gasteiger partial charge < -0.3 is 18.9 Å². The van der Waals surface area contributed by atoms with Crippen molar-refractivity contribution in [2.45, 2.75) is 36.7 Å². The summed E-state index contributed by atoms with van der Waals surface area (Å²) in [5.41, 5.74) is 0.527. The number of aromatic nitrogens is 1. The predicted octanol–water partition coefficient (Wildman–Crippen LogP) is 1.62. The Hall–Kier alpha value is -2.85. The molecule has 10 heteroatoms. The van der Waals surface area contributed by atoms with Crippen molar-refractivity contribution in [2.75, 3.05) is 33.9 Å². The molecule has 1 aromatic heterocycles. The lowest BCUT2D eigenvalue weighted by Gasteiger charge is -2.26. The van der Waals surface area contributed by atoms with Gasteiger partial charge in [0.1, 0.15) is 6.54 Å². The van der Waals surface area contributed by atoms with Crippen LogP contribution in [0.25, 0.3) is 0 Å². The summed E-state index contributed by atoms with van der Waals surface area (Å²) in [5.74, 6) is 1.14. The first kappa shape index (κ1) is 22.3. The number of carbonyl (C=O) groups excluding carboxylic acids is 1. The number of sulfonamides is 1. The molecule has 1 fully saturated rings. The van der Waals surface area contributed by atoms with Crippen LogP contribution in [0.2, 0.25) is 0 Å². The van der Waals surface area contributed by atoms with Crippen LogP contribution in [0, 0.1) is 0 Å². The molecule has 0 saturated carbocycles. The summed E-state index contributed by atoms with van der Waals surface area (Å²) in [6, 6.07) is 8.04. The van der Waals surface area contributed by atoms with Gasteiger partial charge >= 0.3 is 0 Å². The van der Waals surface area contributed by atoms with Gasteiger partial charge in [-0.05, 0) is 36.6 Å². The third kappa shape index (κ3) is 4.37. The van der Waals surface area contributed by atoms with Crippen molar-refractivity contribution in [1.82, 2.24) is 13.8 Å². The van der Waals surface area contributed by atoms with E-state index in [1.54, 1.807) is 4.90 Å². The molecule has 4 rings (SSSR count). The zero-order chi connectivity index (χ0) is 22.9. The largest absolute Gasteiger partial charge is 0.490 e. The number of hydrogen-bond acceptors (Lipinski definition) is 6. The van der Waals surface area contributed by atoms with Gasteiger partial charge in [0.05, 0.1) is 24.2 Å². The molecule has 9 nitrogen and oxygen atoms in total. The summed E-state index contributed by atoms with van der Waals surface area (Å²) in [5, 5.41) is 0. The lowest BCUT2D eigenvalue weighted by atomic mass is 10.0. The third-order valence-electron chi connectivity index (χ3n) is 5.77. The molecule has 2 aliphatic rings. The Morgan fingerprint density at radius 1 is 1.09 bits per heavy atom. The van der Waals surface area contributed by atoms with E-state index in [0.29, 0.717) is 31.3 Å². The Balaban J connectivity index is 1.56. The van der Waals surface area contributed by atoms with Gasteiger partial charge in [-0.1, -0.05) is 6.07 Å². The molecule has 0 spiro atoms. The zero-order valence-corrected chi connectivity index (χ0v) is 19.0. The number of hydrogen-bond donors (Lipinski definition) is 0. The maximum absolute atomic E-state index is 13.1. The van der Waals surface area contributed by atoms with E-state index < -0.39 is 15.6 Å². The standard InChI is InChI=1S/C22H27N3O6S/c1-23(2)32(28,29)17-7-9-21(26)24(14-17)15-22(27)25-10-3-5-18(25)16-6-8-19-20(13-16)31-12-4-11-30-19/h6-9,13-14,18H,3-5,10-12,15H2,1-2H3/t18-/m0/s1. The summed E-state index contributed by atoms with van der Waals surface area (Å²) >= 11 is 0. The molecule has 0 unspecified atom stereocenters. The fraction of sp³-hybridized carbons (Fsp3) is 0.455. The van der Waals surface area contributed by atoms with Crippen LogP contribution in [-0.2, 0) is 21.4 Å². The maximum atomic E-state index is 13.1. The molecule has 3 heterocycles. The Labute approximate surface area is 187 Å². The van der Waals surface area contributed by atoms with Crippen LogP contribution in [0.5, 0.6) is 11.5 Å². The SMILES string of the molecule is CN(C)S(=O)(=O)c1ccc(=O)n(CC(=O)N2CCC[C@H]2c2ccc3c(c2)OCCCO3)c1. The van der Waals surface area contributed by atoms with E-state index in [-0.39, 0.29) is 23.4 Å². The van der Waals surface area contributed by atoms with Crippen molar-refractivity contribution in [3.63, 3.8) is 0 Å². The Morgan fingerprint density at radius 2 is 1.84 bits per heavy atom. The van der Waals surface area contributed by atoms with E-state index in [0.717, 1.165) is 33.7 Å². The minimum atomic E-state index is -3.71. The second-order valence-electron chi connectivity index (χ2n) is 8.12. The molecule has 32 heavy (non-hydrogen) atoms. The number of amides is 1. The van der Waals surface area contributed by atoms with Gasteiger partial charge in [-0.15, -0.1) is 0 Å². The molecule has 1 aromatic carbocycles. The molecule has 172 valence electrons. The van der Waals surface area contributed by atoms with Gasteiger partial charge in [-0.3, -0.25) is 9.59 Å². The summed E-state index contributed by atoms with van der Waals surface area (Å²) in [4.78, 5) is 27.2. The van der Waals surface area contributed by atoms with E-state index >= 15 is 0 Å². The molecule has 1 saturated heterocycles. The maximum Gasteiger partial charge on any atom is 0.251 e. The van der Waals surface area contributed by atoms with Crippen molar-refractivity contribution in [1.29, 1.82) is 0 Å². The first-order valence-electron chi connectivity index (χ1n) is 10.6. The van der Waals surface area contributed by atoms with Gasteiger partial charge in [0.2, 0.25) is 15.9 Å². The van der Waals surface area contributed by atoms with Crippen LogP contribution >= 0.6 is 0 Å². The number of likely N-dealkylation sites (tertiary alicyclic amines) is 1. The molecular formula is C22H27N3O6S. The average Bonchev–Trinajstić information content (AvgIpc) is 3.14. The number of carbonyl (C=O) groups is 1. The van der Waals surface area contributed by atoms with Crippen LogP contribution in [0.4, 0.5) is 0 Å². The van der Waals surface area contributed by atoms with Crippen LogP contribution in [0.1, 0.15) is 30.9 Å². The minimum Gasteiger partial charge on any atom is -0.490 e. The second kappa shape index (κ2) is 8.95. The summed E-state index contributed by atoms with van der Waals surface area (Å²) in [6.07, 6.45) is 3.69. The molecule has 0 aliphatic carbocycles. The van der Waals surface area contributed by atoms with E-state index in [1.165, 1.54) is 32.4 Å². The molecule has 0 bridgehead atoms. The van der Waals surface area contributed by atoms with Crippen molar-refractivity contribution in [2.24, 2.45) is 0 Å². The van der Waals surface area contributed by atoms with E-state index in [9.17, 15) is 18.0 Å². The third-order valence-corrected chi connectivity index (χ3v) is 7.57. The molecular weight excluding hydrogens is 434 g/mol. The van der Waals surface area contributed by atoms with Gasteiger partial charge in [0, 0.05) is 39.3 Å². The minimum absolute atomic E-state index is 0.0317. The highest BCUT2D eigenvalue weighted by Crippen LogP contribution is 2.38. The zero-order valence-electron chi connectivity index (χ0n) is 18.2. The second-order valence-corrected chi connectivity index (χ2v) is 10.3. The van der Waals surface area contributed by atoms with Crippen molar-refractivity contribution < 1.29 is 22.7 Å². The number of ether oxygens (including phenoxy) is 2. The molecule has 1 atom stereocenters. The summed E-state index contributed by atoms with van der Waals surface area (Å²) < 4.78 is 38.5. The predicted molar refractivity (Wildman–Crippen MR) is 117 cm³/mol. The Morgan fingerprint density at radius 3 is 2.59 bits per heavy atom. The fourth-order valence-electron chi connectivity index (χ4n) is 4.03. The highest BCUT2D eigenvalue weighted by atomic mass is 32.2. The van der Waals surface area contributed by atoms with Gasteiger partial charge in [-0.2, -0.15) is 0 Å². The lowest BCUT2D eigenvalue weighted by Crippen LogP contribution is -2.36. The van der Waals surface area contributed by atoms with Crippen LogP contribution in [0.15, 0.2) is 46.2 Å². The van der Waals surface area contributed by atoms with Crippen LogP contribution < -0.4 is 15.0 Å². The van der Waals surface area contributed by atoms with E-state index in [4.69, 9.17) is 9.47 Å². The monoisotopic (exact) mass is 461 g/mol. The number of fused-ring (bicyclic) bond motifs is 1. The summed E-state index contributed by atoms with van der Waals surface area (Å²) in [6.45, 7) is 1.54. The quantitative estimate of drug-likeness (QED) is 0.671. The highest BCUT2D eigenvalue weighted by molar-refractivity contribution is 7.89. The van der Waals surface area contributed by atoms with Crippen molar-refractivity contribution >= 4 is 15.9 Å². The average molecular weight is 462 g/mol. The fourth-order valence-corrected chi connectivity index (χ4v) is 4.95. The normalized spacial score (nSPS) is 18.6. The molecule has 2 aliphatic heterocycles. The number of rotatable bonds is 5. The number of benzene rings is 1. The highest BCUT2D eigenvalue weighted by Gasteiger charge is 2.31. The molecule has 1 amide bonds. The smallest absolute Gasteiger partial charge is 0.251 e. The molecule has 2 aromatic rings. The van der Waals surface area contributed by atoms with Gasteiger partial charge in [0.25, 0.3) is 5.56 Å². The first-order chi connectivity index (χ1) is 15.3. The van der Waals surface area contributed by atoms with Crippen molar-refractivity contribution in [3.05, 3.63) is 52.4 Å². The molecule has 0 radical (unpaired) electrons. The number of nitrogens with zero attached hydrogens (tertiary/aromatic N) is 3. The topological polar surface area (TPSA) is 98.2 Å². The van der Waals surface area contributed by atoms with E-state index in [1.807, 2.05) is 18.2 Å². The van der Waals surface area contributed by atoms with E-state index in [2.05, 4.69) is 0 Å².